The smallest absolute Gasteiger partial charge is 0.0991 e. The van der Waals surface area contributed by atoms with Crippen LogP contribution >= 0.6 is 0 Å². The van der Waals surface area contributed by atoms with Crippen molar-refractivity contribution in [1.29, 1.82) is 0 Å². The molecule has 2 nitrogen and oxygen atoms in total. The van der Waals surface area contributed by atoms with Gasteiger partial charge in [-0.3, -0.25) is 4.99 Å². The molecule has 0 aromatic heterocycles. The molecule has 2 heteroatoms. The van der Waals surface area contributed by atoms with E-state index in [1.807, 2.05) is 6.07 Å². The van der Waals surface area contributed by atoms with Crippen LogP contribution in [0.5, 0.6) is 0 Å². The van der Waals surface area contributed by atoms with Crippen molar-refractivity contribution >= 4 is 5.84 Å². The SMILES string of the molecule is CC(C)(C)C(N)=NCCCc1ccccc1. The molecule has 0 aliphatic heterocycles. The Labute approximate surface area is 98.6 Å². The van der Waals surface area contributed by atoms with Crippen LogP contribution in [0.3, 0.4) is 0 Å². The third-order valence-corrected chi connectivity index (χ3v) is 2.52. The number of hydrogen-bond donors (Lipinski definition) is 1. The fraction of sp³-hybridized carbons (Fsp3) is 0.500. The maximum Gasteiger partial charge on any atom is 0.0991 e. The third kappa shape index (κ3) is 4.47. The first-order valence-electron chi connectivity index (χ1n) is 5.84. The number of amidine groups is 1. The minimum atomic E-state index is -0.00720. The summed E-state index contributed by atoms with van der Waals surface area (Å²) in [5.74, 6) is 0.751. The molecule has 0 fully saturated rings. The maximum atomic E-state index is 5.88. The molecule has 0 saturated heterocycles. The number of aliphatic imine (C=N–C) groups is 1. The lowest BCUT2D eigenvalue weighted by molar-refractivity contribution is 0.580. The van der Waals surface area contributed by atoms with Crippen molar-refractivity contribution in [2.24, 2.45) is 16.1 Å². The predicted molar refractivity (Wildman–Crippen MR) is 70.7 cm³/mol. The van der Waals surface area contributed by atoms with Crippen molar-refractivity contribution in [2.45, 2.75) is 33.6 Å². The van der Waals surface area contributed by atoms with Crippen LogP contribution in [-0.2, 0) is 6.42 Å². The minimum absolute atomic E-state index is 0.00720. The molecule has 0 saturated carbocycles. The van der Waals surface area contributed by atoms with Gasteiger partial charge in [0.1, 0.15) is 0 Å². The van der Waals surface area contributed by atoms with Crippen LogP contribution in [0.4, 0.5) is 0 Å². The zero-order valence-electron chi connectivity index (χ0n) is 10.5. The molecule has 0 radical (unpaired) electrons. The summed E-state index contributed by atoms with van der Waals surface area (Å²) < 4.78 is 0. The molecule has 0 amide bonds. The molecule has 0 spiro atoms. The summed E-state index contributed by atoms with van der Waals surface area (Å²) in [6, 6.07) is 10.5. The highest BCUT2D eigenvalue weighted by Crippen LogP contribution is 2.12. The molecular weight excluding hydrogens is 196 g/mol. The van der Waals surface area contributed by atoms with Gasteiger partial charge in [-0.15, -0.1) is 0 Å². The van der Waals surface area contributed by atoms with Crippen LogP contribution < -0.4 is 5.73 Å². The zero-order chi connectivity index (χ0) is 12.0. The van der Waals surface area contributed by atoms with Gasteiger partial charge in [0.2, 0.25) is 0 Å². The van der Waals surface area contributed by atoms with Crippen LogP contribution in [0, 0.1) is 5.41 Å². The summed E-state index contributed by atoms with van der Waals surface area (Å²) in [4.78, 5) is 4.40. The zero-order valence-corrected chi connectivity index (χ0v) is 10.5. The van der Waals surface area contributed by atoms with E-state index in [1.165, 1.54) is 5.56 Å². The maximum absolute atomic E-state index is 5.88. The lowest BCUT2D eigenvalue weighted by Gasteiger charge is -2.17. The lowest BCUT2D eigenvalue weighted by Crippen LogP contribution is -2.29. The standard InChI is InChI=1S/C14H22N2/c1-14(2,3)13(15)16-11-7-10-12-8-5-4-6-9-12/h4-6,8-9H,7,10-11H2,1-3H3,(H2,15,16). The molecule has 0 aliphatic rings. The number of nitrogens with zero attached hydrogens (tertiary/aromatic N) is 1. The van der Waals surface area contributed by atoms with E-state index < -0.39 is 0 Å². The quantitative estimate of drug-likeness (QED) is 0.471. The normalized spacial score (nSPS) is 12.8. The van der Waals surface area contributed by atoms with Gasteiger partial charge in [-0.2, -0.15) is 0 Å². The molecule has 0 unspecified atom stereocenters. The van der Waals surface area contributed by atoms with Crippen LogP contribution in [-0.4, -0.2) is 12.4 Å². The Morgan fingerprint density at radius 1 is 1.19 bits per heavy atom. The van der Waals surface area contributed by atoms with Crippen molar-refractivity contribution in [3.8, 4) is 0 Å². The van der Waals surface area contributed by atoms with Crippen LogP contribution in [0.25, 0.3) is 0 Å². The molecule has 1 aromatic rings. The van der Waals surface area contributed by atoms with Gasteiger partial charge in [-0.05, 0) is 18.4 Å². The Balaban J connectivity index is 2.32. The average molecular weight is 218 g/mol. The van der Waals surface area contributed by atoms with Gasteiger partial charge in [0.15, 0.2) is 0 Å². The summed E-state index contributed by atoms with van der Waals surface area (Å²) in [7, 11) is 0. The summed E-state index contributed by atoms with van der Waals surface area (Å²) in [6.45, 7) is 7.08. The second-order valence-corrected chi connectivity index (χ2v) is 5.11. The Morgan fingerprint density at radius 3 is 2.38 bits per heavy atom. The molecule has 16 heavy (non-hydrogen) atoms. The fourth-order valence-corrected chi connectivity index (χ4v) is 1.36. The Hall–Kier alpha value is -1.31. The fourth-order valence-electron chi connectivity index (χ4n) is 1.36. The van der Waals surface area contributed by atoms with Crippen LogP contribution in [0.2, 0.25) is 0 Å². The topological polar surface area (TPSA) is 38.4 Å². The van der Waals surface area contributed by atoms with E-state index in [1.54, 1.807) is 0 Å². The predicted octanol–water partition coefficient (Wildman–Crippen LogP) is 3.02. The molecule has 0 bridgehead atoms. The largest absolute Gasteiger partial charge is 0.387 e. The second kappa shape index (κ2) is 5.69. The van der Waals surface area contributed by atoms with E-state index >= 15 is 0 Å². The van der Waals surface area contributed by atoms with Crippen molar-refractivity contribution in [2.75, 3.05) is 6.54 Å². The monoisotopic (exact) mass is 218 g/mol. The number of nitrogens with two attached hydrogens (primary N) is 1. The van der Waals surface area contributed by atoms with E-state index in [9.17, 15) is 0 Å². The van der Waals surface area contributed by atoms with Gasteiger partial charge in [0, 0.05) is 12.0 Å². The molecule has 0 atom stereocenters. The summed E-state index contributed by atoms with van der Waals surface area (Å²) >= 11 is 0. The first-order valence-corrected chi connectivity index (χ1v) is 5.84. The summed E-state index contributed by atoms with van der Waals surface area (Å²) in [6.07, 6.45) is 2.13. The number of aryl methyl sites for hydroxylation is 1. The second-order valence-electron chi connectivity index (χ2n) is 5.11. The van der Waals surface area contributed by atoms with Gasteiger partial charge in [-0.25, -0.2) is 0 Å². The molecule has 0 aliphatic carbocycles. The molecule has 88 valence electrons. The van der Waals surface area contributed by atoms with E-state index in [4.69, 9.17) is 5.73 Å². The third-order valence-electron chi connectivity index (χ3n) is 2.52. The van der Waals surface area contributed by atoms with E-state index in [2.05, 4.69) is 50.0 Å². The van der Waals surface area contributed by atoms with Gasteiger partial charge < -0.3 is 5.73 Å². The van der Waals surface area contributed by atoms with Gasteiger partial charge in [-0.1, -0.05) is 51.1 Å². The average Bonchev–Trinajstić information content (AvgIpc) is 2.24. The van der Waals surface area contributed by atoms with Crippen molar-refractivity contribution in [3.63, 3.8) is 0 Å². The van der Waals surface area contributed by atoms with Gasteiger partial charge in [0.25, 0.3) is 0 Å². The van der Waals surface area contributed by atoms with Gasteiger partial charge in [0.05, 0.1) is 5.84 Å². The van der Waals surface area contributed by atoms with Crippen molar-refractivity contribution in [3.05, 3.63) is 35.9 Å². The Morgan fingerprint density at radius 2 is 1.81 bits per heavy atom. The number of hydrogen-bond acceptors (Lipinski definition) is 1. The van der Waals surface area contributed by atoms with Gasteiger partial charge >= 0.3 is 0 Å². The first-order chi connectivity index (χ1) is 7.50. The highest BCUT2D eigenvalue weighted by molar-refractivity contribution is 5.85. The molecule has 1 rings (SSSR count). The van der Waals surface area contributed by atoms with E-state index in [-0.39, 0.29) is 5.41 Å². The van der Waals surface area contributed by atoms with Crippen molar-refractivity contribution < 1.29 is 0 Å². The van der Waals surface area contributed by atoms with Crippen LogP contribution in [0.15, 0.2) is 35.3 Å². The number of benzene rings is 1. The Kier molecular flexibility index (Phi) is 4.53. The molecular formula is C14H22N2. The highest BCUT2D eigenvalue weighted by Gasteiger charge is 2.14. The highest BCUT2D eigenvalue weighted by atomic mass is 14.9. The van der Waals surface area contributed by atoms with Crippen LogP contribution in [0.1, 0.15) is 32.8 Å². The molecule has 1 aromatic carbocycles. The van der Waals surface area contributed by atoms with E-state index in [0.717, 1.165) is 25.2 Å². The minimum Gasteiger partial charge on any atom is -0.387 e. The van der Waals surface area contributed by atoms with E-state index in [0.29, 0.717) is 0 Å². The molecule has 0 heterocycles. The summed E-state index contributed by atoms with van der Waals surface area (Å²) in [5.41, 5.74) is 7.24. The summed E-state index contributed by atoms with van der Waals surface area (Å²) in [5, 5.41) is 0. The Bertz CT molecular complexity index is 334. The first kappa shape index (κ1) is 12.8. The molecule has 2 N–H and O–H groups in total. The lowest BCUT2D eigenvalue weighted by atomic mass is 9.95. The van der Waals surface area contributed by atoms with Crippen molar-refractivity contribution in [1.82, 2.24) is 0 Å². The number of rotatable bonds is 4.